The number of anilines is 2. The maximum absolute atomic E-state index is 13.0. The molecule has 0 amide bonds. The van der Waals surface area contributed by atoms with Crippen molar-refractivity contribution in [3.8, 4) is 0 Å². The maximum atomic E-state index is 13.0. The summed E-state index contributed by atoms with van der Waals surface area (Å²) in [6.45, 7) is 7.51. The monoisotopic (exact) mass is 431 g/mol. The summed E-state index contributed by atoms with van der Waals surface area (Å²) < 4.78 is 33.1. The number of sulfonamides is 1. The van der Waals surface area contributed by atoms with Crippen LogP contribution in [0.2, 0.25) is 0 Å². The van der Waals surface area contributed by atoms with Crippen LogP contribution in [-0.2, 0) is 14.8 Å². The summed E-state index contributed by atoms with van der Waals surface area (Å²) >= 11 is 0. The van der Waals surface area contributed by atoms with Gasteiger partial charge in [0.2, 0.25) is 10.0 Å². The molecule has 30 heavy (non-hydrogen) atoms. The zero-order valence-corrected chi connectivity index (χ0v) is 18.4. The second-order valence-corrected chi connectivity index (χ2v) is 9.87. The van der Waals surface area contributed by atoms with Crippen LogP contribution in [0.4, 0.5) is 11.6 Å². The van der Waals surface area contributed by atoms with Gasteiger partial charge in [0.05, 0.1) is 11.0 Å². The summed E-state index contributed by atoms with van der Waals surface area (Å²) in [4.78, 5) is 2.43. The number of nitrogens with zero attached hydrogens (tertiary/aromatic N) is 4. The fraction of sp³-hybridized carbons (Fsp3) is 0.524. The molecule has 162 valence electrons. The van der Waals surface area contributed by atoms with Gasteiger partial charge in [-0.2, -0.15) is 4.31 Å². The van der Waals surface area contributed by atoms with E-state index in [-0.39, 0.29) is 6.10 Å². The number of benzene rings is 1. The normalized spacial score (nSPS) is 20.5. The van der Waals surface area contributed by atoms with Crippen LogP contribution in [0, 0.1) is 13.8 Å². The van der Waals surface area contributed by atoms with Gasteiger partial charge in [-0.25, -0.2) is 8.42 Å². The van der Waals surface area contributed by atoms with E-state index in [0.717, 1.165) is 48.8 Å². The molecular formula is C21H29N5O3S. The van der Waals surface area contributed by atoms with Crippen LogP contribution in [-0.4, -0.2) is 68.4 Å². The lowest BCUT2D eigenvalue weighted by Crippen LogP contribution is -2.49. The van der Waals surface area contributed by atoms with E-state index >= 15 is 0 Å². The quantitative estimate of drug-likeness (QED) is 0.750. The van der Waals surface area contributed by atoms with Crippen LogP contribution in [0.15, 0.2) is 35.2 Å². The first-order valence-corrected chi connectivity index (χ1v) is 11.9. The van der Waals surface area contributed by atoms with E-state index in [9.17, 15) is 8.42 Å². The summed E-state index contributed by atoms with van der Waals surface area (Å²) in [5, 5.41) is 11.8. The number of piperazine rings is 1. The minimum Gasteiger partial charge on any atom is -0.376 e. The van der Waals surface area contributed by atoms with Crippen molar-refractivity contribution in [1.82, 2.24) is 14.5 Å². The first-order chi connectivity index (χ1) is 14.4. The number of aromatic nitrogens is 2. The van der Waals surface area contributed by atoms with E-state index in [0.29, 0.717) is 31.1 Å². The molecule has 8 nitrogen and oxygen atoms in total. The van der Waals surface area contributed by atoms with Gasteiger partial charge >= 0.3 is 0 Å². The molecule has 1 unspecified atom stereocenters. The van der Waals surface area contributed by atoms with Crippen molar-refractivity contribution in [3.05, 3.63) is 41.5 Å². The Kier molecular flexibility index (Phi) is 6.21. The lowest BCUT2D eigenvalue weighted by molar-refractivity contribution is 0.120. The van der Waals surface area contributed by atoms with Gasteiger partial charge in [-0.05, 0) is 62.1 Å². The first kappa shape index (κ1) is 21.0. The Morgan fingerprint density at radius 2 is 1.87 bits per heavy atom. The second kappa shape index (κ2) is 8.87. The van der Waals surface area contributed by atoms with Crippen molar-refractivity contribution in [2.24, 2.45) is 0 Å². The second-order valence-electron chi connectivity index (χ2n) is 7.93. The molecule has 2 saturated heterocycles. The molecular weight excluding hydrogens is 402 g/mol. The van der Waals surface area contributed by atoms with Gasteiger partial charge in [-0.1, -0.05) is 6.07 Å². The predicted molar refractivity (Wildman–Crippen MR) is 116 cm³/mol. The van der Waals surface area contributed by atoms with Gasteiger partial charge in [-0.3, -0.25) is 0 Å². The highest BCUT2D eigenvalue weighted by Gasteiger charge is 2.29. The molecule has 1 aromatic heterocycles. The van der Waals surface area contributed by atoms with E-state index in [1.165, 1.54) is 0 Å². The molecule has 2 aromatic rings. The summed E-state index contributed by atoms with van der Waals surface area (Å²) in [6.07, 6.45) is 2.44. The number of nitrogens with one attached hydrogen (secondary N) is 1. The number of hydrogen-bond donors (Lipinski definition) is 1. The molecule has 1 atom stereocenters. The minimum atomic E-state index is -3.48. The van der Waals surface area contributed by atoms with Crippen molar-refractivity contribution in [2.75, 3.05) is 49.5 Å². The largest absolute Gasteiger partial charge is 0.376 e. The number of rotatable bonds is 6. The molecule has 0 aliphatic carbocycles. The van der Waals surface area contributed by atoms with Crippen LogP contribution < -0.4 is 10.2 Å². The van der Waals surface area contributed by atoms with Gasteiger partial charge in [0.15, 0.2) is 5.82 Å². The zero-order valence-electron chi connectivity index (χ0n) is 17.5. The van der Waals surface area contributed by atoms with Gasteiger partial charge in [0.25, 0.3) is 0 Å². The van der Waals surface area contributed by atoms with Gasteiger partial charge < -0.3 is 15.0 Å². The highest BCUT2D eigenvalue weighted by Crippen LogP contribution is 2.22. The van der Waals surface area contributed by atoms with Gasteiger partial charge in [0.1, 0.15) is 5.82 Å². The van der Waals surface area contributed by atoms with Gasteiger partial charge in [-0.15, -0.1) is 10.2 Å². The molecule has 0 radical (unpaired) electrons. The number of ether oxygens (including phenoxy) is 1. The lowest BCUT2D eigenvalue weighted by atomic mass is 10.1. The van der Waals surface area contributed by atoms with Crippen molar-refractivity contribution in [3.63, 3.8) is 0 Å². The highest BCUT2D eigenvalue weighted by molar-refractivity contribution is 7.89. The number of aryl methyl sites for hydroxylation is 2. The Hall–Kier alpha value is -2.23. The molecule has 2 aliphatic heterocycles. The van der Waals surface area contributed by atoms with Crippen LogP contribution in [0.5, 0.6) is 0 Å². The molecule has 1 aromatic carbocycles. The summed E-state index contributed by atoms with van der Waals surface area (Å²) in [7, 11) is -3.48. The predicted octanol–water partition coefficient (Wildman–Crippen LogP) is 2.20. The molecule has 4 rings (SSSR count). The Morgan fingerprint density at radius 1 is 1.07 bits per heavy atom. The maximum Gasteiger partial charge on any atom is 0.243 e. The van der Waals surface area contributed by atoms with E-state index < -0.39 is 10.0 Å². The Bertz CT molecular complexity index is 967. The van der Waals surface area contributed by atoms with Crippen LogP contribution in [0.1, 0.15) is 24.0 Å². The molecule has 2 aliphatic rings. The summed E-state index contributed by atoms with van der Waals surface area (Å²) in [6, 6.07) is 9.15. The first-order valence-electron chi connectivity index (χ1n) is 10.4. The van der Waals surface area contributed by atoms with Crippen LogP contribution >= 0.6 is 0 Å². The standard InChI is InChI=1S/C21H29N5O3S/c1-16-5-6-19(14-17(16)2)30(27,28)26-11-9-25(10-12-26)21-8-7-20(23-24-21)22-15-18-4-3-13-29-18/h5-8,14,18H,3-4,9-13,15H2,1-2H3,(H,22,23). The summed E-state index contributed by atoms with van der Waals surface area (Å²) in [5.74, 6) is 1.49. The SMILES string of the molecule is Cc1ccc(S(=O)(=O)N2CCN(c3ccc(NCC4CCCO4)nn3)CC2)cc1C. The van der Waals surface area contributed by atoms with E-state index in [4.69, 9.17) is 4.74 Å². The number of hydrogen-bond acceptors (Lipinski definition) is 7. The molecule has 9 heteroatoms. The Labute approximate surface area is 178 Å². The third kappa shape index (κ3) is 4.58. The molecule has 3 heterocycles. The van der Waals surface area contributed by atoms with Crippen LogP contribution in [0.25, 0.3) is 0 Å². The van der Waals surface area contributed by atoms with E-state index in [1.807, 2.05) is 32.0 Å². The third-order valence-corrected chi connectivity index (χ3v) is 7.76. The lowest BCUT2D eigenvalue weighted by Gasteiger charge is -2.34. The third-order valence-electron chi connectivity index (χ3n) is 5.86. The molecule has 0 spiro atoms. The van der Waals surface area contributed by atoms with E-state index in [2.05, 4.69) is 20.4 Å². The van der Waals surface area contributed by atoms with Crippen molar-refractivity contribution in [2.45, 2.75) is 37.7 Å². The molecule has 0 saturated carbocycles. The smallest absolute Gasteiger partial charge is 0.243 e. The minimum absolute atomic E-state index is 0.249. The summed E-state index contributed by atoms with van der Waals surface area (Å²) in [5.41, 5.74) is 2.07. The molecule has 2 fully saturated rings. The molecule has 0 bridgehead atoms. The van der Waals surface area contributed by atoms with Crippen molar-refractivity contribution in [1.29, 1.82) is 0 Å². The molecule has 1 N–H and O–H groups in total. The Balaban J connectivity index is 1.34. The van der Waals surface area contributed by atoms with Crippen LogP contribution in [0.3, 0.4) is 0 Å². The fourth-order valence-electron chi connectivity index (χ4n) is 3.79. The average Bonchev–Trinajstić information content (AvgIpc) is 3.28. The highest BCUT2D eigenvalue weighted by atomic mass is 32.2. The topological polar surface area (TPSA) is 87.7 Å². The van der Waals surface area contributed by atoms with Crippen molar-refractivity contribution < 1.29 is 13.2 Å². The Morgan fingerprint density at radius 3 is 2.50 bits per heavy atom. The fourth-order valence-corrected chi connectivity index (χ4v) is 5.30. The van der Waals surface area contributed by atoms with Gasteiger partial charge in [0, 0.05) is 39.3 Å². The zero-order chi connectivity index (χ0) is 21.1. The van der Waals surface area contributed by atoms with E-state index in [1.54, 1.807) is 16.4 Å². The van der Waals surface area contributed by atoms with Crippen molar-refractivity contribution >= 4 is 21.7 Å². The average molecular weight is 432 g/mol.